The maximum atomic E-state index is 10.7. The van der Waals surface area contributed by atoms with E-state index in [0.29, 0.717) is 0 Å². The molecular formula is C13H14N7O4. The van der Waals surface area contributed by atoms with Gasteiger partial charge in [0.15, 0.2) is 17.0 Å². The Kier molecular flexibility index (Phi) is 3.25. The van der Waals surface area contributed by atoms with Crippen molar-refractivity contribution >= 4 is 17.0 Å². The van der Waals surface area contributed by atoms with E-state index in [-0.39, 0.29) is 36.0 Å². The van der Waals surface area contributed by atoms with Gasteiger partial charge in [-0.3, -0.25) is 4.57 Å². The van der Waals surface area contributed by atoms with E-state index in [9.17, 15) is 15.3 Å². The van der Waals surface area contributed by atoms with Gasteiger partial charge in [0.05, 0.1) is 18.9 Å². The normalized spacial score (nSPS) is 27.1. The fraction of sp³-hybridized carbons (Fsp3) is 0.385. The first-order chi connectivity index (χ1) is 11.5. The van der Waals surface area contributed by atoms with Crippen molar-refractivity contribution in [2.24, 2.45) is 0 Å². The fourth-order valence-corrected chi connectivity index (χ4v) is 2.69. The molecule has 24 heavy (non-hydrogen) atoms. The lowest BCUT2D eigenvalue weighted by Crippen LogP contribution is -2.42. The number of hydrogen-bond acceptors (Lipinski definition) is 9. The highest BCUT2D eigenvalue weighted by atomic mass is 16.7. The van der Waals surface area contributed by atoms with Crippen LogP contribution in [0.25, 0.3) is 17.1 Å². The number of aliphatic hydroxyl groups is 3. The molecule has 0 saturated carbocycles. The molecule has 11 heteroatoms. The second kappa shape index (κ2) is 5.21. The minimum Gasteiger partial charge on any atom is -0.394 e. The molecule has 0 aliphatic carbocycles. The summed E-state index contributed by atoms with van der Waals surface area (Å²) in [7, 11) is 0. The van der Waals surface area contributed by atoms with Crippen molar-refractivity contribution in [3.8, 4) is 5.95 Å². The first-order valence-corrected chi connectivity index (χ1v) is 7.14. The molecule has 3 aromatic rings. The van der Waals surface area contributed by atoms with Crippen molar-refractivity contribution in [2.75, 3.05) is 12.3 Å². The average molecular weight is 332 g/mol. The second-order valence-corrected chi connectivity index (χ2v) is 5.41. The number of ether oxygens (including phenoxy) is 1. The summed E-state index contributed by atoms with van der Waals surface area (Å²) in [6.45, 7) is -0.336. The smallest absolute Gasteiger partial charge is 0.283 e. The number of nitrogen functional groups attached to an aromatic ring is 1. The standard InChI is InChI=1S/C13H14N7O4/c14-10-9-11(18-12(17-10)20-3-1-2-16-20)19(6-15-9)13(23)8(22)4-7(5-21)24-13/h2-3,6-8,21-23H,4-5H2,(H2,14,17,18)/t7-,8-,13-/m1/s1. The summed E-state index contributed by atoms with van der Waals surface area (Å²) in [4.78, 5) is 12.5. The largest absolute Gasteiger partial charge is 0.394 e. The minimum absolute atomic E-state index is 0.0637. The quantitative estimate of drug-likeness (QED) is 0.431. The van der Waals surface area contributed by atoms with E-state index in [0.717, 1.165) is 4.57 Å². The summed E-state index contributed by atoms with van der Waals surface area (Å²) in [5, 5.41) is 34.1. The number of fused-ring (bicyclic) bond motifs is 1. The molecule has 0 amide bonds. The molecule has 4 heterocycles. The van der Waals surface area contributed by atoms with Crippen molar-refractivity contribution in [3.05, 3.63) is 24.8 Å². The van der Waals surface area contributed by atoms with Crippen LogP contribution in [-0.4, -0.2) is 63.4 Å². The van der Waals surface area contributed by atoms with Gasteiger partial charge < -0.3 is 25.8 Å². The van der Waals surface area contributed by atoms with Gasteiger partial charge in [0.25, 0.3) is 11.9 Å². The van der Waals surface area contributed by atoms with Crippen molar-refractivity contribution in [2.45, 2.75) is 24.5 Å². The molecule has 1 aliphatic rings. The van der Waals surface area contributed by atoms with Crippen LogP contribution in [-0.2, 0) is 10.6 Å². The molecule has 11 nitrogen and oxygen atoms in total. The Hall–Kier alpha value is -2.60. The third-order valence-corrected chi connectivity index (χ3v) is 3.88. The number of rotatable bonds is 3. The van der Waals surface area contributed by atoms with Crippen LogP contribution in [0.4, 0.5) is 5.82 Å². The number of anilines is 1. The highest BCUT2D eigenvalue weighted by Crippen LogP contribution is 2.35. The van der Waals surface area contributed by atoms with Crippen LogP contribution in [0, 0.1) is 6.07 Å². The second-order valence-electron chi connectivity index (χ2n) is 5.41. The Balaban J connectivity index is 1.88. The lowest BCUT2D eigenvalue weighted by molar-refractivity contribution is -0.286. The predicted molar refractivity (Wildman–Crippen MR) is 78.5 cm³/mol. The van der Waals surface area contributed by atoms with E-state index in [1.165, 1.54) is 23.4 Å². The summed E-state index contributed by atoms with van der Waals surface area (Å²) in [6, 6.07) is 2.75. The zero-order chi connectivity index (χ0) is 16.9. The third-order valence-electron chi connectivity index (χ3n) is 3.88. The van der Waals surface area contributed by atoms with Gasteiger partial charge in [-0.05, 0) is 0 Å². The average Bonchev–Trinajstić information content (AvgIpc) is 3.27. The molecule has 1 aliphatic heterocycles. The fourth-order valence-electron chi connectivity index (χ4n) is 2.69. The van der Waals surface area contributed by atoms with Crippen LogP contribution in [0.3, 0.4) is 0 Å². The third kappa shape index (κ3) is 2.06. The summed E-state index contributed by atoms with van der Waals surface area (Å²) < 4.78 is 7.89. The Morgan fingerprint density at radius 3 is 2.96 bits per heavy atom. The maximum absolute atomic E-state index is 10.7. The van der Waals surface area contributed by atoms with Gasteiger partial charge in [-0.25, -0.2) is 9.67 Å². The summed E-state index contributed by atoms with van der Waals surface area (Å²) in [6.07, 6.45) is 2.28. The highest BCUT2D eigenvalue weighted by molar-refractivity contribution is 5.82. The number of nitrogens with two attached hydrogens (primary N) is 1. The van der Waals surface area contributed by atoms with Gasteiger partial charge in [-0.15, -0.1) is 0 Å². The molecule has 0 aromatic carbocycles. The molecule has 125 valence electrons. The number of aromatic nitrogens is 6. The van der Waals surface area contributed by atoms with Crippen molar-refractivity contribution in [1.82, 2.24) is 29.3 Å². The molecule has 0 unspecified atom stereocenters. The Labute approximate surface area is 135 Å². The zero-order valence-corrected chi connectivity index (χ0v) is 12.3. The van der Waals surface area contributed by atoms with Crippen LogP contribution in [0.2, 0.25) is 0 Å². The Bertz CT molecular complexity index is 880. The van der Waals surface area contributed by atoms with Gasteiger partial charge >= 0.3 is 0 Å². The van der Waals surface area contributed by atoms with Gasteiger partial charge in [0.2, 0.25) is 0 Å². The van der Waals surface area contributed by atoms with Crippen LogP contribution < -0.4 is 5.73 Å². The molecule has 5 N–H and O–H groups in total. The van der Waals surface area contributed by atoms with E-state index < -0.39 is 18.1 Å². The van der Waals surface area contributed by atoms with E-state index in [2.05, 4.69) is 26.1 Å². The number of aliphatic hydroxyl groups excluding tert-OH is 2. The molecule has 0 spiro atoms. The van der Waals surface area contributed by atoms with E-state index in [4.69, 9.17) is 10.5 Å². The van der Waals surface area contributed by atoms with Crippen LogP contribution in [0.15, 0.2) is 18.7 Å². The molecule has 1 saturated heterocycles. The number of nitrogens with zero attached hydrogens (tertiary/aromatic N) is 6. The minimum atomic E-state index is -2.11. The summed E-state index contributed by atoms with van der Waals surface area (Å²) in [5.74, 6) is -1.88. The van der Waals surface area contributed by atoms with Crippen LogP contribution in [0.5, 0.6) is 0 Å². The monoisotopic (exact) mass is 332 g/mol. The molecule has 3 aromatic heterocycles. The maximum Gasteiger partial charge on any atom is 0.283 e. The van der Waals surface area contributed by atoms with Crippen LogP contribution >= 0.6 is 0 Å². The predicted octanol–water partition coefficient (Wildman–Crippen LogP) is -1.86. The van der Waals surface area contributed by atoms with Crippen molar-refractivity contribution in [3.63, 3.8) is 0 Å². The van der Waals surface area contributed by atoms with E-state index in [1.807, 2.05) is 0 Å². The first-order valence-electron chi connectivity index (χ1n) is 7.14. The van der Waals surface area contributed by atoms with Crippen molar-refractivity contribution < 1.29 is 20.1 Å². The van der Waals surface area contributed by atoms with Gasteiger partial charge in [0.1, 0.15) is 12.4 Å². The van der Waals surface area contributed by atoms with Gasteiger partial charge in [0, 0.05) is 18.7 Å². The SMILES string of the molecule is Nc1nc(-n2c[c]cn2)nc2c1ncn2[C@]1(O)O[C@@H](CO)C[C@H]1O. The number of hydrogen-bond donors (Lipinski definition) is 4. The zero-order valence-electron chi connectivity index (χ0n) is 12.3. The van der Waals surface area contributed by atoms with Crippen LogP contribution in [0.1, 0.15) is 6.42 Å². The Morgan fingerprint density at radius 1 is 1.46 bits per heavy atom. The van der Waals surface area contributed by atoms with Gasteiger partial charge in [-0.1, -0.05) is 0 Å². The first kappa shape index (κ1) is 15.0. The lowest BCUT2D eigenvalue weighted by atomic mass is 10.2. The summed E-state index contributed by atoms with van der Waals surface area (Å²) >= 11 is 0. The molecule has 1 fully saturated rings. The molecule has 0 bridgehead atoms. The molecule has 1 radical (unpaired) electrons. The lowest BCUT2D eigenvalue weighted by Gasteiger charge is -2.27. The van der Waals surface area contributed by atoms with Gasteiger partial charge in [-0.2, -0.15) is 15.1 Å². The number of imidazole rings is 1. The molecule has 4 rings (SSSR count). The summed E-state index contributed by atoms with van der Waals surface area (Å²) in [5.41, 5.74) is 6.31. The molecule has 3 atom stereocenters. The highest BCUT2D eigenvalue weighted by Gasteiger charge is 2.49. The molecular weight excluding hydrogens is 318 g/mol. The van der Waals surface area contributed by atoms with E-state index in [1.54, 1.807) is 0 Å². The topological polar surface area (TPSA) is 157 Å². The Morgan fingerprint density at radius 2 is 2.29 bits per heavy atom. The van der Waals surface area contributed by atoms with E-state index >= 15 is 0 Å². The van der Waals surface area contributed by atoms with Crippen molar-refractivity contribution in [1.29, 1.82) is 0 Å².